The number of nitrogens with zero attached hydrogens (tertiary/aromatic N) is 1. The van der Waals surface area contributed by atoms with Gasteiger partial charge in [-0.3, -0.25) is 4.90 Å². The summed E-state index contributed by atoms with van der Waals surface area (Å²) in [5.74, 6) is 0.562. The molecule has 102 valence electrons. The maximum Gasteiger partial charge on any atom is 0.407 e. The van der Waals surface area contributed by atoms with E-state index in [9.17, 15) is 4.79 Å². The molecule has 3 saturated heterocycles. The molecule has 3 fully saturated rings. The molecule has 19 heavy (non-hydrogen) atoms. The minimum Gasteiger partial charge on any atom is -0.445 e. The van der Waals surface area contributed by atoms with Crippen LogP contribution < -0.4 is 5.32 Å². The monoisotopic (exact) mass is 260 g/mol. The molecule has 4 heteroatoms. The topological polar surface area (TPSA) is 41.6 Å². The van der Waals surface area contributed by atoms with E-state index in [2.05, 4.69) is 10.2 Å². The second-order valence-electron chi connectivity index (χ2n) is 5.42. The molecule has 1 aromatic carbocycles. The first-order valence-corrected chi connectivity index (χ1v) is 7.02. The van der Waals surface area contributed by atoms with Gasteiger partial charge in [-0.1, -0.05) is 30.3 Å². The van der Waals surface area contributed by atoms with E-state index in [0.717, 1.165) is 38.0 Å². The maximum absolute atomic E-state index is 11.8. The van der Waals surface area contributed by atoms with Crippen LogP contribution in [0.25, 0.3) is 0 Å². The predicted molar refractivity (Wildman–Crippen MR) is 72.7 cm³/mol. The molecular weight excluding hydrogens is 240 g/mol. The third kappa shape index (κ3) is 3.07. The predicted octanol–water partition coefficient (Wildman–Crippen LogP) is 2.01. The normalized spacial score (nSPS) is 28.9. The first kappa shape index (κ1) is 12.5. The molecule has 1 atom stereocenters. The first-order chi connectivity index (χ1) is 9.31. The summed E-state index contributed by atoms with van der Waals surface area (Å²) in [4.78, 5) is 14.2. The standard InChI is InChI=1S/C15H20N2O2/c18-15(16-10-12-4-2-1-3-5-12)19-14-11-17-8-6-13(14)7-9-17/h1-5,13-14H,6-11H2,(H,16,18). The summed E-state index contributed by atoms with van der Waals surface area (Å²) < 4.78 is 5.56. The minimum atomic E-state index is -0.289. The molecule has 3 aliphatic heterocycles. The molecule has 1 N–H and O–H groups in total. The van der Waals surface area contributed by atoms with Gasteiger partial charge in [0.2, 0.25) is 0 Å². The first-order valence-electron chi connectivity index (χ1n) is 7.02. The summed E-state index contributed by atoms with van der Waals surface area (Å²) in [5, 5.41) is 2.83. The number of amides is 1. The lowest BCUT2D eigenvalue weighted by Crippen LogP contribution is -2.52. The fraction of sp³-hybridized carbons (Fsp3) is 0.533. The number of fused-ring (bicyclic) bond motifs is 3. The highest BCUT2D eigenvalue weighted by Gasteiger charge is 2.36. The Morgan fingerprint density at radius 3 is 2.63 bits per heavy atom. The summed E-state index contributed by atoms with van der Waals surface area (Å²) in [6.45, 7) is 3.76. The lowest BCUT2D eigenvalue weighted by Gasteiger charge is -2.43. The van der Waals surface area contributed by atoms with Gasteiger partial charge in [0, 0.05) is 13.1 Å². The van der Waals surface area contributed by atoms with Crippen LogP contribution in [0.2, 0.25) is 0 Å². The smallest absolute Gasteiger partial charge is 0.407 e. The number of nitrogens with one attached hydrogen (secondary N) is 1. The van der Waals surface area contributed by atoms with Gasteiger partial charge in [-0.25, -0.2) is 4.79 Å². The van der Waals surface area contributed by atoms with Crippen LogP contribution in [0.5, 0.6) is 0 Å². The second kappa shape index (κ2) is 5.61. The van der Waals surface area contributed by atoms with Crippen LogP contribution in [0.3, 0.4) is 0 Å². The van der Waals surface area contributed by atoms with Crippen molar-refractivity contribution in [2.24, 2.45) is 5.92 Å². The molecule has 3 aliphatic rings. The van der Waals surface area contributed by atoms with E-state index in [1.54, 1.807) is 0 Å². The summed E-state index contributed by atoms with van der Waals surface area (Å²) >= 11 is 0. The van der Waals surface area contributed by atoms with Gasteiger partial charge in [-0.2, -0.15) is 0 Å². The van der Waals surface area contributed by atoms with Gasteiger partial charge in [0.15, 0.2) is 0 Å². The van der Waals surface area contributed by atoms with Crippen LogP contribution in [-0.4, -0.2) is 36.7 Å². The lowest BCUT2D eigenvalue weighted by atomic mass is 9.86. The van der Waals surface area contributed by atoms with Crippen molar-refractivity contribution in [1.82, 2.24) is 10.2 Å². The minimum absolute atomic E-state index is 0.0817. The Bertz CT molecular complexity index is 427. The fourth-order valence-electron chi connectivity index (χ4n) is 2.99. The highest BCUT2D eigenvalue weighted by Crippen LogP contribution is 2.29. The van der Waals surface area contributed by atoms with Crippen molar-refractivity contribution in [3.8, 4) is 0 Å². The average molecular weight is 260 g/mol. The SMILES string of the molecule is O=C(NCc1ccccc1)OC1CN2CCC1CC2. The molecule has 0 saturated carbocycles. The van der Waals surface area contributed by atoms with Gasteiger partial charge < -0.3 is 10.1 Å². The highest BCUT2D eigenvalue weighted by atomic mass is 16.6. The van der Waals surface area contributed by atoms with Gasteiger partial charge in [-0.15, -0.1) is 0 Å². The molecule has 4 rings (SSSR count). The number of hydrogen-bond acceptors (Lipinski definition) is 3. The molecule has 0 radical (unpaired) electrons. The zero-order valence-electron chi connectivity index (χ0n) is 11.0. The van der Waals surface area contributed by atoms with Crippen molar-refractivity contribution in [1.29, 1.82) is 0 Å². The molecule has 3 heterocycles. The second-order valence-corrected chi connectivity index (χ2v) is 5.42. The lowest BCUT2D eigenvalue weighted by molar-refractivity contribution is -0.0332. The van der Waals surface area contributed by atoms with Crippen molar-refractivity contribution in [2.75, 3.05) is 19.6 Å². The number of carbonyl (C=O) groups excluding carboxylic acids is 1. The maximum atomic E-state index is 11.8. The van der Waals surface area contributed by atoms with Gasteiger partial charge in [0.05, 0.1) is 0 Å². The fourth-order valence-corrected chi connectivity index (χ4v) is 2.99. The number of hydrogen-bond donors (Lipinski definition) is 1. The Balaban J connectivity index is 1.46. The Labute approximate surface area is 113 Å². The van der Waals surface area contributed by atoms with E-state index in [0.29, 0.717) is 12.5 Å². The number of carbonyl (C=O) groups is 1. The molecule has 0 aromatic heterocycles. The highest BCUT2D eigenvalue weighted by molar-refractivity contribution is 5.67. The largest absolute Gasteiger partial charge is 0.445 e. The quantitative estimate of drug-likeness (QED) is 0.904. The van der Waals surface area contributed by atoms with Crippen LogP contribution in [0.4, 0.5) is 4.79 Å². The Hall–Kier alpha value is -1.55. The zero-order chi connectivity index (χ0) is 13.1. The van der Waals surface area contributed by atoms with Crippen LogP contribution in [0.15, 0.2) is 30.3 Å². The molecule has 1 amide bonds. The summed E-state index contributed by atoms with van der Waals surface area (Å²) in [6.07, 6.45) is 2.12. The van der Waals surface area contributed by atoms with Crippen molar-refractivity contribution in [3.63, 3.8) is 0 Å². The number of alkyl carbamates (subject to hydrolysis) is 1. The van der Waals surface area contributed by atoms with E-state index in [1.165, 1.54) is 0 Å². The van der Waals surface area contributed by atoms with Crippen LogP contribution in [0.1, 0.15) is 18.4 Å². The molecule has 4 nitrogen and oxygen atoms in total. The van der Waals surface area contributed by atoms with Crippen LogP contribution in [-0.2, 0) is 11.3 Å². The van der Waals surface area contributed by atoms with E-state index >= 15 is 0 Å². The molecule has 0 aliphatic carbocycles. The number of rotatable bonds is 3. The molecule has 1 aromatic rings. The third-order valence-corrected chi connectivity index (χ3v) is 4.13. The van der Waals surface area contributed by atoms with E-state index < -0.39 is 0 Å². The van der Waals surface area contributed by atoms with Crippen molar-refractivity contribution < 1.29 is 9.53 Å². The number of piperidine rings is 3. The Morgan fingerprint density at radius 2 is 2.00 bits per heavy atom. The summed E-state index contributed by atoms with van der Waals surface area (Å²) in [6, 6.07) is 9.89. The average Bonchev–Trinajstić information content (AvgIpc) is 2.47. The van der Waals surface area contributed by atoms with Crippen LogP contribution >= 0.6 is 0 Å². The van der Waals surface area contributed by atoms with Crippen molar-refractivity contribution in [2.45, 2.75) is 25.5 Å². The van der Waals surface area contributed by atoms with E-state index in [4.69, 9.17) is 4.74 Å². The molecule has 2 bridgehead atoms. The Morgan fingerprint density at radius 1 is 1.26 bits per heavy atom. The zero-order valence-corrected chi connectivity index (χ0v) is 11.0. The number of benzene rings is 1. The van der Waals surface area contributed by atoms with Gasteiger partial charge in [0.1, 0.15) is 6.10 Å². The van der Waals surface area contributed by atoms with E-state index in [-0.39, 0.29) is 12.2 Å². The van der Waals surface area contributed by atoms with Gasteiger partial charge in [-0.05, 0) is 37.4 Å². The van der Waals surface area contributed by atoms with E-state index in [1.807, 2.05) is 30.3 Å². The van der Waals surface area contributed by atoms with Crippen molar-refractivity contribution >= 4 is 6.09 Å². The summed E-state index contributed by atoms with van der Waals surface area (Å²) in [5.41, 5.74) is 1.09. The molecule has 1 unspecified atom stereocenters. The molecule has 0 spiro atoms. The van der Waals surface area contributed by atoms with Gasteiger partial charge in [0.25, 0.3) is 0 Å². The molecular formula is C15H20N2O2. The van der Waals surface area contributed by atoms with Crippen LogP contribution in [0, 0.1) is 5.92 Å². The Kier molecular flexibility index (Phi) is 3.69. The van der Waals surface area contributed by atoms with Gasteiger partial charge >= 0.3 is 6.09 Å². The third-order valence-electron chi connectivity index (χ3n) is 4.13. The summed E-state index contributed by atoms with van der Waals surface area (Å²) in [7, 11) is 0. The van der Waals surface area contributed by atoms with Crippen molar-refractivity contribution in [3.05, 3.63) is 35.9 Å². The number of ether oxygens (including phenoxy) is 1.